The number of methoxy groups -OCH3 is 1. The van der Waals surface area contributed by atoms with Crippen LogP contribution in [-0.2, 0) is 11.2 Å². The van der Waals surface area contributed by atoms with Crippen molar-refractivity contribution in [2.75, 3.05) is 20.3 Å². The van der Waals surface area contributed by atoms with E-state index in [1.807, 2.05) is 98.2 Å². The SMILES string of the molecule is CCOc1ccc(-n2cccc2C=C2SC(=Nc3ccc(OC)cc3)N(CCc3c[nH]c4ccccc34)C2=O)cc1. The molecule has 8 heteroatoms. The summed E-state index contributed by atoms with van der Waals surface area (Å²) in [5.41, 5.74) is 4.92. The quantitative estimate of drug-likeness (QED) is 0.193. The minimum atomic E-state index is -0.0541. The van der Waals surface area contributed by atoms with Crippen LogP contribution < -0.4 is 9.47 Å². The molecule has 6 rings (SSSR count). The van der Waals surface area contributed by atoms with E-state index >= 15 is 0 Å². The molecule has 0 aliphatic carbocycles. The number of aromatic amines is 1. The average Bonchev–Trinajstić information content (AvgIpc) is 3.71. The van der Waals surface area contributed by atoms with Gasteiger partial charge >= 0.3 is 0 Å². The van der Waals surface area contributed by atoms with Crippen molar-refractivity contribution in [3.05, 3.63) is 113 Å². The lowest BCUT2D eigenvalue weighted by atomic mass is 10.1. The fourth-order valence-corrected chi connectivity index (χ4v) is 5.89. The highest BCUT2D eigenvalue weighted by Crippen LogP contribution is 2.35. The first-order chi connectivity index (χ1) is 20.1. The molecular weight excluding hydrogens is 532 g/mol. The lowest BCUT2D eigenvalue weighted by Gasteiger charge is -2.15. The van der Waals surface area contributed by atoms with Gasteiger partial charge in [-0.05, 0) is 103 Å². The number of nitrogens with one attached hydrogen (secondary N) is 1. The minimum absolute atomic E-state index is 0.0541. The van der Waals surface area contributed by atoms with Gasteiger partial charge in [0.1, 0.15) is 11.5 Å². The van der Waals surface area contributed by atoms with Crippen LogP contribution in [0.15, 0.2) is 107 Å². The van der Waals surface area contributed by atoms with Crippen LogP contribution in [0.1, 0.15) is 18.2 Å². The van der Waals surface area contributed by atoms with Crippen LogP contribution in [0.2, 0.25) is 0 Å². The Labute approximate surface area is 243 Å². The van der Waals surface area contributed by atoms with E-state index in [9.17, 15) is 4.79 Å². The Kier molecular flexibility index (Phi) is 7.65. The average molecular weight is 563 g/mol. The number of nitrogens with zero attached hydrogens (tertiary/aromatic N) is 3. The number of H-pyrrole nitrogens is 1. The Morgan fingerprint density at radius 2 is 1.73 bits per heavy atom. The van der Waals surface area contributed by atoms with E-state index in [1.54, 1.807) is 12.0 Å². The van der Waals surface area contributed by atoms with Gasteiger partial charge < -0.3 is 19.0 Å². The number of carbonyl (C=O) groups excluding carboxylic acids is 1. The first-order valence-corrected chi connectivity index (χ1v) is 14.3. The van der Waals surface area contributed by atoms with Crippen molar-refractivity contribution in [2.45, 2.75) is 13.3 Å². The van der Waals surface area contributed by atoms with E-state index in [1.165, 1.54) is 22.7 Å². The number of amides is 1. The van der Waals surface area contributed by atoms with Gasteiger partial charge in [0.2, 0.25) is 0 Å². The summed E-state index contributed by atoms with van der Waals surface area (Å²) in [7, 11) is 1.64. The van der Waals surface area contributed by atoms with E-state index in [4.69, 9.17) is 14.5 Å². The van der Waals surface area contributed by atoms with Crippen molar-refractivity contribution >= 4 is 45.5 Å². The highest BCUT2D eigenvalue weighted by atomic mass is 32.2. The second-order valence-electron chi connectivity index (χ2n) is 9.50. The van der Waals surface area contributed by atoms with Crippen LogP contribution in [0.25, 0.3) is 22.7 Å². The Bertz CT molecular complexity index is 1730. The third kappa shape index (κ3) is 5.64. The maximum Gasteiger partial charge on any atom is 0.266 e. The monoisotopic (exact) mass is 562 g/mol. The molecule has 206 valence electrons. The van der Waals surface area contributed by atoms with Gasteiger partial charge in [0.15, 0.2) is 5.17 Å². The predicted octanol–water partition coefficient (Wildman–Crippen LogP) is 7.21. The molecule has 3 heterocycles. The molecule has 1 N–H and O–H groups in total. The van der Waals surface area contributed by atoms with Crippen molar-refractivity contribution in [3.8, 4) is 17.2 Å². The number of aromatic nitrogens is 2. The minimum Gasteiger partial charge on any atom is -0.497 e. The summed E-state index contributed by atoms with van der Waals surface area (Å²) in [6, 6.07) is 27.7. The zero-order valence-corrected chi connectivity index (χ0v) is 23.7. The van der Waals surface area contributed by atoms with E-state index < -0.39 is 0 Å². The van der Waals surface area contributed by atoms with Crippen LogP contribution in [0.4, 0.5) is 5.69 Å². The second kappa shape index (κ2) is 11.8. The maximum absolute atomic E-state index is 13.8. The number of hydrogen-bond donors (Lipinski definition) is 1. The number of thioether (sulfide) groups is 1. The number of ether oxygens (including phenoxy) is 2. The third-order valence-corrected chi connectivity index (χ3v) is 7.96. The largest absolute Gasteiger partial charge is 0.497 e. The maximum atomic E-state index is 13.8. The molecule has 0 spiro atoms. The molecule has 1 aliphatic heterocycles. The number of rotatable bonds is 9. The highest BCUT2D eigenvalue weighted by Gasteiger charge is 2.33. The lowest BCUT2D eigenvalue weighted by Crippen LogP contribution is -2.31. The third-order valence-electron chi connectivity index (χ3n) is 6.95. The number of para-hydroxylation sites is 1. The van der Waals surface area contributed by atoms with Gasteiger partial charge in [0, 0.05) is 41.2 Å². The summed E-state index contributed by atoms with van der Waals surface area (Å²) in [4.78, 5) is 24.4. The molecule has 7 nitrogen and oxygen atoms in total. The first kappa shape index (κ1) is 26.5. The van der Waals surface area contributed by atoms with Crippen molar-refractivity contribution in [2.24, 2.45) is 4.99 Å². The molecule has 0 radical (unpaired) electrons. The van der Waals surface area contributed by atoms with Gasteiger partial charge in [-0.25, -0.2) is 4.99 Å². The number of amidine groups is 1. The summed E-state index contributed by atoms with van der Waals surface area (Å²) >= 11 is 1.40. The second-order valence-corrected chi connectivity index (χ2v) is 10.5. The molecule has 0 bridgehead atoms. The Morgan fingerprint density at radius 3 is 2.51 bits per heavy atom. The summed E-state index contributed by atoms with van der Waals surface area (Å²) in [6.45, 7) is 3.10. The smallest absolute Gasteiger partial charge is 0.266 e. The molecule has 1 fully saturated rings. The number of aliphatic imine (C=N–C) groups is 1. The topological polar surface area (TPSA) is 71.8 Å². The van der Waals surface area contributed by atoms with Gasteiger partial charge in [0.25, 0.3) is 5.91 Å². The molecule has 0 atom stereocenters. The first-order valence-electron chi connectivity index (χ1n) is 13.5. The predicted molar refractivity (Wildman–Crippen MR) is 166 cm³/mol. The zero-order valence-electron chi connectivity index (χ0n) is 22.9. The van der Waals surface area contributed by atoms with Gasteiger partial charge in [-0.3, -0.25) is 9.69 Å². The van der Waals surface area contributed by atoms with Crippen molar-refractivity contribution in [1.82, 2.24) is 14.5 Å². The number of carbonyl (C=O) groups is 1. The van der Waals surface area contributed by atoms with E-state index in [2.05, 4.69) is 21.7 Å². The molecule has 0 saturated carbocycles. The van der Waals surface area contributed by atoms with Crippen LogP contribution in [0, 0.1) is 0 Å². The molecule has 1 saturated heterocycles. The van der Waals surface area contributed by atoms with Gasteiger partial charge in [-0.2, -0.15) is 0 Å². The number of fused-ring (bicyclic) bond motifs is 1. The van der Waals surface area contributed by atoms with Crippen LogP contribution >= 0.6 is 11.8 Å². The normalized spacial score (nSPS) is 15.4. The van der Waals surface area contributed by atoms with Crippen LogP contribution in [-0.4, -0.2) is 45.8 Å². The van der Waals surface area contributed by atoms with E-state index in [0.29, 0.717) is 29.6 Å². The molecule has 1 aliphatic rings. The van der Waals surface area contributed by atoms with Crippen LogP contribution in [0.5, 0.6) is 11.5 Å². The number of hydrogen-bond acceptors (Lipinski definition) is 5. The van der Waals surface area contributed by atoms with Gasteiger partial charge in [-0.15, -0.1) is 0 Å². The summed E-state index contributed by atoms with van der Waals surface area (Å²) in [5, 5.41) is 1.83. The Balaban J connectivity index is 1.30. The molecule has 41 heavy (non-hydrogen) atoms. The lowest BCUT2D eigenvalue weighted by molar-refractivity contribution is -0.122. The fraction of sp³-hybridized carbons (Fsp3) is 0.152. The molecule has 1 amide bonds. The van der Waals surface area contributed by atoms with Crippen molar-refractivity contribution in [3.63, 3.8) is 0 Å². The standard InChI is InChI=1S/C33H30N4O3S/c1-3-40-28-16-12-25(13-17-28)36-19-6-7-26(36)21-31-32(38)37(20-18-23-22-34-30-9-5-4-8-29(23)30)33(41-31)35-24-10-14-27(39-2)15-11-24/h4-17,19,21-22,34H,3,18,20H2,1-2H3. The molecule has 5 aromatic rings. The van der Waals surface area contributed by atoms with Gasteiger partial charge in [0.05, 0.1) is 24.3 Å². The summed E-state index contributed by atoms with van der Waals surface area (Å²) in [6.07, 6.45) is 6.67. The van der Waals surface area contributed by atoms with Gasteiger partial charge in [-0.1, -0.05) is 18.2 Å². The number of benzene rings is 3. The zero-order chi connectivity index (χ0) is 28.2. The van der Waals surface area contributed by atoms with Crippen molar-refractivity contribution in [1.29, 1.82) is 0 Å². The molecule has 2 aromatic heterocycles. The molecule has 0 unspecified atom stereocenters. The summed E-state index contributed by atoms with van der Waals surface area (Å²) in [5.74, 6) is 1.53. The van der Waals surface area contributed by atoms with E-state index in [-0.39, 0.29) is 5.91 Å². The van der Waals surface area contributed by atoms with E-state index in [0.717, 1.165) is 34.1 Å². The van der Waals surface area contributed by atoms with Crippen molar-refractivity contribution < 1.29 is 14.3 Å². The van der Waals surface area contributed by atoms with Crippen LogP contribution in [0.3, 0.4) is 0 Å². The Morgan fingerprint density at radius 1 is 0.951 bits per heavy atom. The summed E-state index contributed by atoms with van der Waals surface area (Å²) < 4.78 is 12.9. The Hall–Kier alpha value is -4.69. The molecule has 3 aromatic carbocycles. The highest BCUT2D eigenvalue weighted by molar-refractivity contribution is 8.18. The molecular formula is C33H30N4O3S. The fourth-order valence-electron chi connectivity index (χ4n) is 4.88.